The monoisotopic (exact) mass is 291 g/mol. The molecule has 3 rings (SSSR count). The maximum absolute atomic E-state index is 12.7. The quantitative estimate of drug-likeness (QED) is 0.768. The molecule has 2 fully saturated rings. The Balaban J connectivity index is 1.58. The summed E-state index contributed by atoms with van der Waals surface area (Å²) in [5, 5.41) is 0. The average Bonchev–Trinajstić information content (AvgIpc) is 2.77. The van der Waals surface area contributed by atoms with Gasteiger partial charge in [-0.3, -0.25) is 14.5 Å². The highest BCUT2D eigenvalue weighted by atomic mass is 16.2. The Morgan fingerprint density at radius 1 is 1.05 bits per heavy atom. The van der Waals surface area contributed by atoms with Crippen LogP contribution in [0.2, 0.25) is 0 Å². The Bertz CT molecular complexity index is 445. The van der Waals surface area contributed by atoms with E-state index >= 15 is 0 Å². The molecule has 1 saturated heterocycles. The number of hydrogen-bond acceptors (Lipinski definition) is 3. The highest BCUT2D eigenvalue weighted by Gasteiger charge is 2.34. The topological polar surface area (TPSA) is 43.9 Å². The van der Waals surface area contributed by atoms with E-state index in [9.17, 15) is 9.59 Å². The van der Waals surface area contributed by atoms with E-state index in [2.05, 4.69) is 4.90 Å². The fourth-order valence-electron chi connectivity index (χ4n) is 3.55. The van der Waals surface area contributed by atoms with Gasteiger partial charge in [0.15, 0.2) is 0 Å². The number of nitrogens with zero attached hydrogens (tertiary/aromatic N) is 3. The van der Waals surface area contributed by atoms with Crippen LogP contribution in [0, 0.1) is 0 Å². The van der Waals surface area contributed by atoms with Crippen molar-refractivity contribution in [1.82, 2.24) is 14.7 Å². The summed E-state index contributed by atoms with van der Waals surface area (Å²) in [6.45, 7) is 5.24. The molecule has 1 aliphatic carbocycles. The van der Waals surface area contributed by atoms with Crippen molar-refractivity contribution in [2.75, 3.05) is 26.2 Å². The van der Waals surface area contributed by atoms with Crippen molar-refractivity contribution >= 4 is 11.8 Å². The molecule has 0 bridgehead atoms. The van der Waals surface area contributed by atoms with Gasteiger partial charge < -0.3 is 9.80 Å². The number of amides is 2. The van der Waals surface area contributed by atoms with Crippen LogP contribution in [-0.2, 0) is 9.59 Å². The lowest BCUT2D eigenvalue weighted by molar-refractivity contribution is -0.141. The molecule has 5 heteroatoms. The SMILES string of the molecule is CC(=O)N1C=CC[C@@H]1C(=O)N1CCCN(C2CCC2)CC1. The molecule has 5 nitrogen and oxygen atoms in total. The summed E-state index contributed by atoms with van der Waals surface area (Å²) in [6, 6.07) is 0.444. The summed E-state index contributed by atoms with van der Waals surface area (Å²) >= 11 is 0. The van der Waals surface area contributed by atoms with Crippen LogP contribution in [0.3, 0.4) is 0 Å². The van der Waals surface area contributed by atoms with Gasteiger partial charge in [0, 0.05) is 45.3 Å². The van der Waals surface area contributed by atoms with Crippen LogP contribution in [0.1, 0.15) is 39.0 Å². The summed E-state index contributed by atoms with van der Waals surface area (Å²) in [4.78, 5) is 30.4. The van der Waals surface area contributed by atoms with Crippen molar-refractivity contribution in [3.8, 4) is 0 Å². The molecule has 0 aromatic carbocycles. The largest absolute Gasteiger partial charge is 0.340 e. The minimum absolute atomic E-state index is 0.0481. The van der Waals surface area contributed by atoms with Crippen LogP contribution in [0.15, 0.2) is 12.3 Å². The van der Waals surface area contributed by atoms with E-state index in [-0.39, 0.29) is 17.9 Å². The first-order valence-electron chi connectivity index (χ1n) is 8.15. The number of carbonyl (C=O) groups excluding carboxylic acids is 2. The second-order valence-corrected chi connectivity index (χ2v) is 6.36. The fraction of sp³-hybridized carbons (Fsp3) is 0.750. The summed E-state index contributed by atoms with van der Waals surface area (Å²) in [7, 11) is 0. The van der Waals surface area contributed by atoms with Crippen LogP contribution in [0.4, 0.5) is 0 Å². The lowest BCUT2D eigenvalue weighted by atomic mass is 9.91. The van der Waals surface area contributed by atoms with Gasteiger partial charge in [0.25, 0.3) is 0 Å². The number of carbonyl (C=O) groups is 2. The van der Waals surface area contributed by atoms with Crippen molar-refractivity contribution in [2.24, 2.45) is 0 Å². The Morgan fingerprint density at radius 3 is 2.52 bits per heavy atom. The lowest BCUT2D eigenvalue weighted by Gasteiger charge is -2.36. The molecule has 2 heterocycles. The van der Waals surface area contributed by atoms with Crippen molar-refractivity contribution in [1.29, 1.82) is 0 Å². The third kappa shape index (κ3) is 2.98. The Morgan fingerprint density at radius 2 is 1.86 bits per heavy atom. The van der Waals surface area contributed by atoms with E-state index in [4.69, 9.17) is 0 Å². The van der Waals surface area contributed by atoms with Gasteiger partial charge in [-0.1, -0.05) is 12.5 Å². The van der Waals surface area contributed by atoms with E-state index in [0.717, 1.165) is 38.6 Å². The first-order valence-corrected chi connectivity index (χ1v) is 8.15. The molecule has 0 aromatic heterocycles. The maximum Gasteiger partial charge on any atom is 0.246 e. The zero-order valence-corrected chi connectivity index (χ0v) is 12.8. The van der Waals surface area contributed by atoms with E-state index in [1.807, 2.05) is 11.0 Å². The first-order chi connectivity index (χ1) is 10.2. The van der Waals surface area contributed by atoms with Crippen molar-refractivity contribution in [3.63, 3.8) is 0 Å². The lowest BCUT2D eigenvalue weighted by Crippen LogP contribution is -2.48. The van der Waals surface area contributed by atoms with Gasteiger partial charge in [-0.15, -0.1) is 0 Å². The summed E-state index contributed by atoms with van der Waals surface area (Å²) < 4.78 is 0. The van der Waals surface area contributed by atoms with E-state index < -0.39 is 0 Å². The van der Waals surface area contributed by atoms with E-state index in [0.29, 0.717) is 6.42 Å². The van der Waals surface area contributed by atoms with Crippen molar-refractivity contribution in [2.45, 2.75) is 51.1 Å². The fourth-order valence-corrected chi connectivity index (χ4v) is 3.55. The van der Waals surface area contributed by atoms with Crippen molar-refractivity contribution < 1.29 is 9.59 Å². The van der Waals surface area contributed by atoms with Crippen LogP contribution in [0.5, 0.6) is 0 Å². The minimum Gasteiger partial charge on any atom is -0.340 e. The van der Waals surface area contributed by atoms with Gasteiger partial charge in [0.05, 0.1) is 0 Å². The predicted molar refractivity (Wildman–Crippen MR) is 80.5 cm³/mol. The van der Waals surface area contributed by atoms with Gasteiger partial charge in [0.1, 0.15) is 6.04 Å². The molecule has 3 aliphatic rings. The van der Waals surface area contributed by atoms with Crippen LogP contribution < -0.4 is 0 Å². The van der Waals surface area contributed by atoms with Gasteiger partial charge in [-0.25, -0.2) is 0 Å². The van der Waals surface area contributed by atoms with Gasteiger partial charge in [-0.05, 0) is 25.7 Å². The standard InChI is InChI=1S/C16H25N3O2/c1-13(20)19-10-3-7-15(19)16(21)18-9-4-8-17(11-12-18)14-5-2-6-14/h3,10,14-15H,2,4-9,11-12H2,1H3/t15-/m1/s1. The Kier molecular flexibility index (Phi) is 4.29. The zero-order chi connectivity index (χ0) is 14.8. The first kappa shape index (κ1) is 14.6. The second-order valence-electron chi connectivity index (χ2n) is 6.36. The summed E-state index contributed by atoms with van der Waals surface area (Å²) in [5.41, 5.74) is 0. The summed E-state index contributed by atoms with van der Waals surface area (Å²) in [6.07, 6.45) is 9.36. The van der Waals surface area contributed by atoms with Crippen molar-refractivity contribution in [3.05, 3.63) is 12.3 Å². The molecular weight excluding hydrogens is 266 g/mol. The average molecular weight is 291 g/mol. The predicted octanol–water partition coefficient (Wildman–Crippen LogP) is 1.21. The normalized spacial score (nSPS) is 27.6. The van der Waals surface area contributed by atoms with Crippen LogP contribution in [-0.4, -0.2) is 64.8 Å². The maximum atomic E-state index is 12.7. The van der Waals surface area contributed by atoms with E-state index in [1.54, 1.807) is 11.1 Å². The third-order valence-corrected chi connectivity index (χ3v) is 5.04. The molecular formula is C16H25N3O2. The molecule has 116 valence electrons. The highest BCUT2D eigenvalue weighted by molar-refractivity contribution is 5.88. The molecule has 21 heavy (non-hydrogen) atoms. The molecule has 1 saturated carbocycles. The zero-order valence-electron chi connectivity index (χ0n) is 12.8. The molecule has 2 aliphatic heterocycles. The van der Waals surface area contributed by atoms with E-state index in [1.165, 1.54) is 26.2 Å². The molecule has 0 N–H and O–H groups in total. The minimum atomic E-state index is -0.308. The molecule has 1 atom stereocenters. The second kappa shape index (κ2) is 6.18. The highest BCUT2D eigenvalue weighted by Crippen LogP contribution is 2.26. The Hall–Kier alpha value is -1.36. The molecule has 0 aromatic rings. The number of hydrogen-bond donors (Lipinski definition) is 0. The molecule has 0 unspecified atom stereocenters. The third-order valence-electron chi connectivity index (χ3n) is 5.04. The molecule has 2 amide bonds. The molecule has 0 spiro atoms. The Labute approximate surface area is 126 Å². The smallest absolute Gasteiger partial charge is 0.246 e. The number of rotatable bonds is 2. The van der Waals surface area contributed by atoms with Crippen LogP contribution >= 0.6 is 0 Å². The van der Waals surface area contributed by atoms with Gasteiger partial charge in [-0.2, -0.15) is 0 Å². The van der Waals surface area contributed by atoms with Gasteiger partial charge >= 0.3 is 0 Å². The van der Waals surface area contributed by atoms with Gasteiger partial charge in [0.2, 0.25) is 11.8 Å². The summed E-state index contributed by atoms with van der Waals surface area (Å²) in [5.74, 6) is 0.0682. The molecule has 0 radical (unpaired) electrons. The van der Waals surface area contributed by atoms with Crippen LogP contribution in [0.25, 0.3) is 0 Å².